The minimum absolute atomic E-state index is 0.0223. The fraction of sp³-hybridized carbons (Fsp3) is 0.333. The van der Waals surface area contributed by atoms with Gasteiger partial charge in [-0.25, -0.2) is 4.98 Å². The van der Waals surface area contributed by atoms with E-state index < -0.39 is 5.97 Å². The first-order chi connectivity index (χ1) is 9.45. The molecule has 0 saturated carbocycles. The van der Waals surface area contributed by atoms with Crippen molar-refractivity contribution in [2.24, 2.45) is 0 Å². The van der Waals surface area contributed by atoms with E-state index in [-0.39, 0.29) is 6.42 Å². The van der Waals surface area contributed by atoms with Crippen molar-refractivity contribution in [1.82, 2.24) is 9.88 Å². The van der Waals surface area contributed by atoms with Crippen molar-refractivity contribution in [3.05, 3.63) is 40.4 Å². The van der Waals surface area contributed by atoms with Crippen LogP contribution in [0.15, 0.2) is 24.3 Å². The quantitative estimate of drug-likeness (QED) is 0.920. The normalized spacial score (nSPS) is 11.0. The Morgan fingerprint density at radius 3 is 2.50 bits per heavy atom. The van der Waals surface area contributed by atoms with E-state index in [1.165, 1.54) is 5.56 Å². The number of thiazole rings is 1. The molecule has 0 radical (unpaired) electrons. The number of carbonyl (C=O) groups is 1. The molecule has 1 heterocycles. The predicted octanol–water partition coefficient (Wildman–Crippen LogP) is 2.81. The zero-order valence-electron chi connectivity index (χ0n) is 11.9. The zero-order chi connectivity index (χ0) is 14.7. The number of rotatable bonds is 5. The van der Waals surface area contributed by atoms with Crippen molar-refractivity contribution in [3.63, 3.8) is 0 Å². The van der Waals surface area contributed by atoms with Crippen molar-refractivity contribution in [2.75, 3.05) is 14.1 Å². The van der Waals surface area contributed by atoms with Crippen LogP contribution >= 0.6 is 11.3 Å². The van der Waals surface area contributed by atoms with Gasteiger partial charge in [0.25, 0.3) is 0 Å². The van der Waals surface area contributed by atoms with Gasteiger partial charge in [-0.3, -0.25) is 4.79 Å². The van der Waals surface area contributed by atoms with E-state index in [0.29, 0.717) is 12.2 Å². The Balaban J connectivity index is 2.36. The molecule has 106 valence electrons. The third kappa shape index (κ3) is 3.65. The van der Waals surface area contributed by atoms with Crippen LogP contribution in [0.5, 0.6) is 0 Å². The molecular weight excluding hydrogens is 272 g/mol. The van der Waals surface area contributed by atoms with Crippen LogP contribution in [-0.4, -0.2) is 35.1 Å². The van der Waals surface area contributed by atoms with Gasteiger partial charge in [0.2, 0.25) is 0 Å². The lowest BCUT2D eigenvalue weighted by molar-refractivity contribution is -0.136. The van der Waals surface area contributed by atoms with E-state index in [1.807, 2.05) is 50.2 Å². The molecule has 1 aromatic carbocycles. The van der Waals surface area contributed by atoms with Crippen molar-refractivity contribution in [1.29, 1.82) is 0 Å². The summed E-state index contributed by atoms with van der Waals surface area (Å²) in [5.41, 5.74) is 2.91. The summed E-state index contributed by atoms with van der Waals surface area (Å²) in [6.07, 6.45) is -0.0223. The maximum Gasteiger partial charge on any atom is 0.309 e. The SMILES string of the molecule is Cc1ccc(-c2nc(CC(=O)O)c(CN(C)C)s2)cc1. The average molecular weight is 290 g/mol. The smallest absolute Gasteiger partial charge is 0.309 e. The van der Waals surface area contributed by atoms with Crippen LogP contribution in [0.2, 0.25) is 0 Å². The molecule has 0 amide bonds. The monoisotopic (exact) mass is 290 g/mol. The molecule has 20 heavy (non-hydrogen) atoms. The van der Waals surface area contributed by atoms with Gasteiger partial charge < -0.3 is 10.0 Å². The summed E-state index contributed by atoms with van der Waals surface area (Å²) >= 11 is 1.57. The highest BCUT2D eigenvalue weighted by Gasteiger charge is 2.15. The van der Waals surface area contributed by atoms with Crippen molar-refractivity contribution >= 4 is 17.3 Å². The molecule has 2 rings (SSSR count). The number of hydrogen-bond acceptors (Lipinski definition) is 4. The van der Waals surface area contributed by atoms with Crippen molar-refractivity contribution in [3.8, 4) is 10.6 Å². The lowest BCUT2D eigenvalue weighted by Crippen LogP contribution is -2.12. The summed E-state index contributed by atoms with van der Waals surface area (Å²) in [4.78, 5) is 18.5. The van der Waals surface area contributed by atoms with E-state index in [2.05, 4.69) is 4.98 Å². The van der Waals surface area contributed by atoms with Gasteiger partial charge in [-0.15, -0.1) is 11.3 Å². The lowest BCUT2D eigenvalue weighted by atomic mass is 10.2. The molecule has 0 fully saturated rings. The van der Waals surface area contributed by atoms with Gasteiger partial charge in [-0.05, 0) is 21.0 Å². The summed E-state index contributed by atoms with van der Waals surface area (Å²) in [5.74, 6) is -0.842. The maximum absolute atomic E-state index is 10.9. The molecule has 5 heteroatoms. The highest BCUT2D eigenvalue weighted by molar-refractivity contribution is 7.15. The van der Waals surface area contributed by atoms with Gasteiger partial charge in [0.15, 0.2) is 0 Å². The zero-order valence-corrected chi connectivity index (χ0v) is 12.7. The number of aliphatic carboxylic acids is 1. The van der Waals surface area contributed by atoms with Crippen LogP contribution in [0.25, 0.3) is 10.6 Å². The Bertz CT molecular complexity index is 603. The van der Waals surface area contributed by atoms with Crippen molar-refractivity contribution < 1.29 is 9.90 Å². The van der Waals surface area contributed by atoms with Crippen LogP contribution in [0, 0.1) is 6.92 Å². The second-order valence-electron chi connectivity index (χ2n) is 5.06. The van der Waals surface area contributed by atoms with Gasteiger partial charge in [-0.2, -0.15) is 0 Å². The second-order valence-corrected chi connectivity index (χ2v) is 6.15. The molecule has 0 unspecified atom stereocenters. The third-order valence-corrected chi connectivity index (χ3v) is 3.99. The Labute approximate surface area is 122 Å². The number of benzene rings is 1. The van der Waals surface area contributed by atoms with E-state index in [4.69, 9.17) is 5.11 Å². The summed E-state index contributed by atoms with van der Waals surface area (Å²) in [7, 11) is 3.94. The molecule has 0 aliphatic carbocycles. The third-order valence-electron chi connectivity index (χ3n) is 2.86. The summed E-state index contributed by atoms with van der Waals surface area (Å²) in [6, 6.07) is 8.13. The van der Waals surface area contributed by atoms with Crippen LogP contribution in [0.3, 0.4) is 0 Å². The molecule has 2 aromatic rings. The van der Waals surface area contributed by atoms with Crippen molar-refractivity contribution in [2.45, 2.75) is 19.9 Å². The summed E-state index contributed by atoms with van der Waals surface area (Å²) < 4.78 is 0. The fourth-order valence-corrected chi connectivity index (χ4v) is 3.10. The van der Waals surface area contributed by atoms with Gasteiger partial charge in [0, 0.05) is 17.0 Å². The Morgan fingerprint density at radius 2 is 1.95 bits per heavy atom. The van der Waals surface area contributed by atoms with Gasteiger partial charge in [-0.1, -0.05) is 29.8 Å². The first kappa shape index (κ1) is 14.7. The minimum Gasteiger partial charge on any atom is -0.481 e. The number of nitrogens with zero attached hydrogens (tertiary/aromatic N) is 2. The molecule has 4 nitrogen and oxygen atoms in total. The van der Waals surface area contributed by atoms with E-state index >= 15 is 0 Å². The topological polar surface area (TPSA) is 53.4 Å². The maximum atomic E-state index is 10.9. The Kier molecular flexibility index (Phi) is 4.52. The molecule has 0 aliphatic heterocycles. The lowest BCUT2D eigenvalue weighted by Gasteiger charge is -2.07. The van der Waals surface area contributed by atoms with Crippen LogP contribution < -0.4 is 0 Å². The van der Waals surface area contributed by atoms with Crippen LogP contribution in [-0.2, 0) is 17.8 Å². The fourth-order valence-electron chi connectivity index (χ4n) is 1.90. The largest absolute Gasteiger partial charge is 0.481 e. The van der Waals surface area contributed by atoms with Crippen LogP contribution in [0.4, 0.5) is 0 Å². The molecular formula is C15H18N2O2S. The average Bonchev–Trinajstić information content (AvgIpc) is 2.71. The Morgan fingerprint density at radius 1 is 1.30 bits per heavy atom. The van der Waals surface area contributed by atoms with E-state index in [9.17, 15) is 4.79 Å². The second kappa shape index (κ2) is 6.15. The highest BCUT2D eigenvalue weighted by atomic mass is 32.1. The van der Waals surface area contributed by atoms with E-state index in [1.54, 1.807) is 11.3 Å². The molecule has 1 aromatic heterocycles. The number of hydrogen-bond donors (Lipinski definition) is 1. The molecule has 1 N–H and O–H groups in total. The molecule has 0 saturated heterocycles. The first-order valence-corrected chi connectivity index (χ1v) is 7.19. The standard InChI is InChI=1S/C15H18N2O2S/c1-10-4-6-11(7-5-10)15-16-12(8-14(18)19)13(20-15)9-17(2)3/h4-7H,8-9H2,1-3H3,(H,18,19). The summed E-state index contributed by atoms with van der Waals surface area (Å²) in [5, 5.41) is 9.88. The van der Waals surface area contributed by atoms with E-state index in [0.717, 1.165) is 15.4 Å². The van der Waals surface area contributed by atoms with Gasteiger partial charge in [0.05, 0.1) is 12.1 Å². The Hall–Kier alpha value is -1.72. The first-order valence-electron chi connectivity index (χ1n) is 6.38. The molecule has 0 bridgehead atoms. The minimum atomic E-state index is -0.842. The van der Waals surface area contributed by atoms with Gasteiger partial charge >= 0.3 is 5.97 Å². The van der Waals surface area contributed by atoms with Gasteiger partial charge in [0.1, 0.15) is 5.01 Å². The molecule has 0 aliphatic rings. The van der Waals surface area contributed by atoms with Crippen LogP contribution in [0.1, 0.15) is 16.1 Å². The molecule has 0 atom stereocenters. The number of carboxylic acids is 1. The number of aromatic nitrogens is 1. The number of carboxylic acid groups (broad SMARTS) is 1. The number of aryl methyl sites for hydroxylation is 1. The highest BCUT2D eigenvalue weighted by Crippen LogP contribution is 2.29. The summed E-state index contributed by atoms with van der Waals surface area (Å²) in [6.45, 7) is 2.76. The predicted molar refractivity (Wildman–Crippen MR) is 81.0 cm³/mol. The molecule has 0 spiro atoms.